The number of H-pyrrole nitrogens is 1. The molecule has 0 saturated heterocycles. The molecule has 0 amide bonds. The zero-order chi connectivity index (χ0) is 10.7. The first kappa shape index (κ1) is 10.1. The predicted octanol–water partition coefficient (Wildman–Crippen LogP) is 1.03. The summed E-state index contributed by atoms with van der Waals surface area (Å²) in [4.78, 5) is 0. The molecule has 0 aliphatic carbocycles. The molecule has 1 atom stereocenters. The lowest BCUT2D eigenvalue weighted by Gasteiger charge is -2.10. The maximum Gasteiger partial charge on any atom is 0.0695 e. The summed E-state index contributed by atoms with van der Waals surface area (Å²) in [6.07, 6.45) is 1.81. The maximum absolute atomic E-state index is 8.90. The van der Waals surface area contributed by atoms with Crippen LogP contribution in [-0.4, -0.2) is 28.0 Å². The summed E-state index contributed by atoms with van der Waals surface area (Å²) in [5.74, 6) is 0. The van der Waals surface area contributed by atoms with E-state index in [1.54, 1.807) is 0 Å². The van der Waals surface area contributed by atoms with Crippen molar-refractivity contribution < 1.29 is 5.11 Å². The normalized spacial score (nSPS) is 13.2. The Labute approximate surface area is 88.3 Å². The molecule has 1 aromatic heterocycles. The van der Waals surface area contributed by atoms with E-state index in [1.807, 2.05) is 25.3 Å². The molecule has 0 radical (unpaired) electrons. The van der Waals surface area contributed by atoms with E-state index in [-0.39, 0.29) is 12.6 Å². The molecule has 0 spiro atoms. The molecule has 0 fully saturated rings. The number of hydrogen-bond donors (Lipinski definition) is 3. The Morgan fingerprint density at radius 3 is 3.20 bits per heavy atom. The fourth-order valence-corrected chi connectivity index (χ4v) is 1.53. The lowest BCUT2D eigenvalue weighted by atomic mass is 10.1. The molecule has 0 aliphatic rings. The van der Waals surface area contributed by atoms with E-state index in [4.69, 9.17) is 5.11 Å². The molecule has 2 aromatic rings. The van der Waals surface area contributed by atoms with Gasteiger partial charge in [-0.3, -0.25) is 5.10 Å². The van der Waals surface area contributed by atoms with Gasteiger partial charge in [-0.05, 0) is 12.5 Å². The highest BCUT2D eigenvalue weighted by molar-refractivity contribution is 5.81. The van der Waals surface area contributed by atoms with Crippen molar-refractivity contribution in [1.82, 2.24) is 15.5 Å². The molecule has 80 valence electrons. The van der Waals surface area contributed by atoms with Gasteiger partial charge in [-0.15, -0.1) is 0 Å². The van der Waals surface area contributed by atoms with Crippen LogP contribution in [0.5, 0.6) is 0 Å². The summed E-state index contributed by atoms with van der Waals surface area (Å²) in [5.41, 5.74) is 2.24. The van der Waals surface area contributed by atoms with Gasteiger partial charge in [-0.2, -0.15) is 5.10 Å². The van der Waals surface area contributed by atoms with Crippen LogP contribution in [-0.2, 0) is 6.54 Å². The molecule has 2 rings (SSSR count). The van der Waals surface area contributed by atoms with Crippen molar-refractivity contribution in [3.8, 4) is 0 Å². The Bertz CT molecular complexity index is 438. The maximum atomic E-state index is 8.90. The largest absolute Gasteiger partial charge is 0.395 e. The first-order valence-corrected chi connectivity index (χ1v) is 5.06. The van der Waals surface area contributed by atoms with Crippen LogP contribution in [0.15, 0.2) is 24.4 Å². The van der Waals surface area contributed by atoms with Crippen molar-refractivity contribution in [2.45, 2.75) is 19.5 Å². The van der Waals surface area contributed by atoms with Crippen LogP contribution in [0.4, 0.5) is 0 Å². The molecule has 1 aromatic carbocycles. The van der Waals surface area contributed by atoms with E-state index in [1.165, 1.54) is 5.56 Å². The van der Waals surface area contributed by atoms with E-state index in [2.05, 4.69) is 21.6 Å². The second-order valence-corrected chi connectivity index (χ2v) is 3.72. The van der Waals surface area contributed by atoms with Gasteiger partial charge >= 0.3 is 0 Å². The van der Waals surface area contributed by atoms with Crippen LogP contribution in [0, 0.1) is 0 Å². The number of benzene rings is 1. The van der Waals surface area contributed by atoms with Crippen LogP contribution in [0.25, 0.3) is 10.9 Å². The minimum Gasteiger partial charge on any atom is -0.395 e. The summed E-state index contributed by atoms with van der Waals surface area (Å²) in [5, 5.41) is 20.2. The molecular weight excluding hydrogens is 190 g/mol. The van der Waals surface area contributed by atoms with Gasteiger partial charge in [0.2, 0.25) is 0 Å². The van der Waals surface area contributed by atoms with Gasteiger partial charge in [0.1, 0.15) is 0 Å². The van der Waals surface area contributed by atoms with Gasteiger partial charge in [-0.1, -0.05) is 18.2 Å². The standard InChI is InChI=1S/C11H15N3O/c1-8(7-15)12-5-9-3-2-4-10-6-13-14-11(9)10/h2-4,6,8,12,15H,5,7H2,1H3,(H,13,14). The highest BCUT2D eigenvalue weighted by atomic mass is 16.3. The third-order valence-electron chi connectivity index (χ3n) is 2.48. The molecule has 15 heavy (non-hydrogen) atoms. The van der Waals surface area contributed by atoms with Crippen LogP contribution in [0.3, 0.4) is 0 Å². The summed E-state index contributed by atoms with van der Waals surface area (Å²) < 4.78 is 0. The molecular formula is C11H15N3O. The predicted molar refractivity (Wildman–Crippen MR) is 59.5 cm³/mol. The van der Waals surface area contributed by atoms with Crippen LogP contribution >= 0.6 is 0 Å². The Morgan fingerprint density at radius 1 is 1.53 bits per heavy atom. The number of hydrogen-bond acceptors (Lipinski definition) is 3. The van der Waals surface area contributed by atoms with Crippen molar-refractivity contribution in [2.24, 2.45) is 0 Å². The number of aliphatic hydroxyl groups excluding tert-OH is 1. The van der Waals surface area contributed by atoms with Gasteiger partial charge in [0.05, 0.1) is 18.3 Å². The van der Waals surface area contributed by atoms with Gasteiger partial charge in [-0.25, -0.2) is 0 Å². The third-order valence-corrected chi connectivity index (χ3v) is 2.48. The second kappa shape index (κ2) is 4.42. The summed E-state index contributed by atoms with van der Waals surface area (Å²) in [7, 11) is 0. The number of aromatic nitrogens is 2. The molecule has 4 nitrogen and oxygen atoms in total. The van der Waals surface area contributed by atoms with Crippen molar-refractivity contribution in [2.75, 3.05) is 6.61 Å². The van der Waals surface area contributed by atoms with E-state index in [9.17, 15) is 0 Å². The quantitative estimate of drug-likeness (QED) is 0.698. The minimum atomic E-state index is 0.114. The van der Waals surface area contributed by atoms with E-state index in [0.717, 1.165) is 17.4 Å². The van der Waals surface area contributed by atoms with Gasteiger partial charge < -0.3 is 10.4 Å². The van der Waals surface area contributed by atoms with Crippen LogP contribution < -0.4 is 5.32 Å². The number of para-hydroxylation sites is 1. The molecule has 1 unspecified atom stereocenters. The SMILES string of the molecule is CC(CO)NCc1cccc2cn[nH]c12. The van der Waals surface area contributed by atoms with E-state index >= 15 is 0 Å². The Hall–Kier alpha value is -1.39. The third kappa shape index (κ3) is 2.16. The highest BCUT2D eigenvalue weighted by Crippen LogP contribution is 2.15. The Balaban J connectivity index is 2.17. The summed E-state index contributed by atoms with van der Waals surface area (Å²) >= 11 is 0. The van der Waals surface area contributed by atoms with Crippen molar-refractivity contribution in [3.63, 3.8) is 0 Å². The van der Waals surface area contributed by atoms with Gasteiger partial charge in [0, 0.05) is 18.0 Å². The van der Waals surface area contributed by atoms with Crippen LogP contribution in [0.2, 0.25) is 0 Å². The fourth-order valence-electron chi connectivity index (χ4n) is 1.53. The number of rotatable bonds is 4. The second-order valence-electron chi connectivity index (χ2n) is 3.72. The minimum absolute atomic E-state index is 0.114. The highest BCUT2D eigenvalue weighted by Gasteiger charge is 2.04. The molecule has 0 bridgehead atoms. The first-order valence-electron chi connectivity index (χ1n) is 5.06. The van der Waals surface area contributed by atoms with Crippen LogP contribution in [0.1, 0.15) is 12.5 Å². The summed E-state index contributed by atoms with van der Waals surface area (Å²) in [6.45, 7) is 2.84. The zero-order valence-electron chi connectivity index (χ0n) is 8.70. The van der Waals surface area contributed by atoms with Gasteiger partial charge in [0.15, 0.2) is 0 Å². The van der Waals surface area contributed by atoms with Crippen molar-refractivity contribution >= 4 is 10.9 Å². The molecule has 0 saturated carbocycles. The van der Waals surface area contributed by atoms with E-state index in [0.29, 0.717) is 0 Å². The monoisotopic (exact) mass is 205 g/mol. The number of aliphatic hydroxyl groups is 1. The van der Waals surface area contributed by atoms with Gasteiger partial charge in [0.25, 0.3) is 0 Å². The number of aromatic amines is 1. The zero-order valence-corrected chi connectivity index (χ0v) is 8.70. The average molecular weight is 205 g/mol. The fraction of sp³-hybridized carbons (Fsp3) is 0.364. The van der Waals surface area contributed by atoms with E-state index < -0.39 is 0 Å². The average Bonchev–Trinajstić information content (AvgIpc) is 2.74. The summed E-state index contributed by atoms with van der Waals surface area (Å²) in [6, 6.07) is 6.21. The molecule has 0 aliphatic heterocycles. The lowest BCUT2D eigenvalue weighted by molar-refractivity contribution is 0.251. The van der Waals surface area contributed by atoms with Crippen molar-refractivity contribution in [3.05, 3.63) is 30.0 Å². The molecule has 1 heterocycles. The topological polar surface area (TPSA) is 60.9 Å². The van der Waals surface area contributed by atoms with Crippen molar-refractivity contribution in [1.29, 1.82) is 0 Å². The number of fused-ring (bicyclic) bond motifs is 1. The first-order chi connectivity index (χ1) is 7.31. The number of nitrogens with zero attached hydrogens (tertiary/aromatic N) is 1. The Morgan fingerprint density at radius 2 is 2.40 bits per heavy atom. The molecule has 3 N–H and O–H groups in total. The molecule has 4 heteroatoms. The number of nitrogens with one attached hydrogen (secondary N) is 2. The lowest BCUT2D eigenvalue weighted by Crippen LogP contribution is -2.28. The smallest absolute Gasteiger partial charge is 0.0695 e. The Kier molecular flexibility index (Phi) is 2.99.